The highest BCUT2D eigenvalue weighted by Crippen LogP contribution is 2.31. The highest BCUT2D eigenvalue weighted by Gasteiger charge is 2.37. The van der Waals surface area contributed by atoms with E-state index in [9.17, 15) is 14.4 Å². The predicted octanol–water partition coefficient (Wildman–Crippen LogP) is 5.11. The second kappa shape index (κ2) is 9.55. The molecule has 2 aliphatic rings. The van der Waals surface area contributed by atoms with Gasteiger partial charge in [0.1, 0.15) is 11.5 Å². The van der Waals surface area contributed by atoms with Gasteiger partial charge in [-0.25, -0.2) is 0 Å². The molecule has 3 amide bonds. The molecule has 1 saturated heterocycles. The summed E-state index contributed by atoms with van der Waals surface area (Å²) in [5.41, 5.74) is 1.96. The number of anilines is 1. The molecule has 3 aromatic carbocycles. The van der Waals surface area contributed by atoms with Crippen molar-refractivity contribution < 1.29 is 23.9 Å². The number of fused-ring (bicyclic) bond motifs is 1. The van der Waals surface area contributed by atoms with Gasteiger partial charge in [0.15, 0.2) is 0 Å². The zero-order chi connectivity index (χ0) is 23.7. The van der Waals surface area contributed by atoms with E-state index in [2.05, 4.69) is 27.9 Å². The Labute approximate surface area is 210 Å². The fourth-order valence-electron chi connectivity index (χ4n) is 4.08. The van der Waals surface area contributed by atoms with Crippen molar-refractivity contribution in [2.75, 3.05) is 18.5 Å². The lowest BCUT2D eigenvalue weighted by atomic mass is 10.1. The number of rotatable bonds is 6. The number of carbonyl (C=O) groups is 3. The van der Waals surface area contributed by atoms with Gasteiger partial charge in [-0.15, -0.1) is 0 Å². The van der Waals surface area contributed by atoms with Gasteiger partial charge in [-0.1, -0.05) is 12.1 Å². The molecule has 0 bridgehead atoms. The summed E-state index contributed by atoms with van der Waals surface area (Å²) in [6.07, 6.45) is 1.70. The van der Waals surface area contributed by atoms with Crippen LogP contribution in [0.1, 0.15) is 43.9 Å². The fraction of sp³-hybridized carbons (Fsp3) is 0.192. The maximum Gasteiger partial charge on any atom is 0.261 e. The Morgan fingerprint density at radius 3 is 2.47 bits per heavy atom. The summed E-state index contributed by atoms with van der Waals surface area (Å²) in [5, 5.41) is 2.87. The van der Waals surface area contributed by atoms with E-state index >= 15 is 0 Å². The number of halogens is 1. The minimum absolute atomic E-state index is 0.0951. The molecule has 2 aliphatic heterocycles. The fourth-order valence-corrected chi connectivity index (χ4v) is 4.71. The van der Waals surface area contributed by atoms with Crippen LogP contribution in [0.2, 0.25) is 0 Å². The third-order valence-electron chi connectivity index (χ3n) is 5.82. The van der Waals surface area contributed by atoms with E-state index in [1.165, 1.54) is 4.90 Å². The summed E-state index contributed by atoms with van der Waals surface area (Å²) in [6, 6.07) is 19.2. The van der Waals surface area contributed by atoms with Gasteiger partial charge in [-0.05, 0) is 90.0 Å². The Morgan fingerprint density at radius 1 is 1.00 bits per heavy atom. The predicted molar refractivity (Wildman–Crippen MR) is 134 cm³/mol. The van der Waals surface area contributed by atoms with Gasteiger partial charge >= 0.3 is 0 Å². The lowest BCUT2D eigenvalue weighted by molar-refractivity contribution is 0.0475. The van der Waals surface area contributed by atoms with Gasteiger partial charge in [0, 0.05) is 15.9 Å². The normalized spacial score (nSPS) is 17.1. The van der Waals surface area contributed by atoms with Gasteiger partial charge in [-0.3, -0.25) is 19.3 Å². The van der Waals surface area contributed by atoms with E-state index < -0.39 is 0 Å². The van der Waals surface area contributed by atoms with Crippen molar-refractivity contribution in [2.45, 2.75) is 18.9 Å². The second-order valence-electron chi connectivity index (χ2n) is 8.12. The summed E-state index contributed by atoms with van der Waals surface area (Å²) in [7, 11) is 0. The molecule has 0 aromatic heterocycles. The smallest absolute Gasteiger partial charge is 0.261 e. The summed E-state index contributed by atoms with van der Waals surface area (Å²) in [5.74, 6) is 0.188. The van der Waals surface area contributed by atoms with Gasteiger partial charge in [-0.2, -0.15) is 0 Å². The maximum absolute atomic E-state index is 12.8. The largest absolute Gasteiger partial charge is 0.457 e. The van der Waals surface area contributed by atoms with E-state index in [0.29, 0.717) is 40.5 Å². The standard InChI is InChI=1S/C26H21IN2O5/c27-23-6-2-1-5-21(23)24(30)28-16-7-9-17(10-8-16)34-18-11-12-20-22(14-18)26(32)29(25(20)31)15-19-4-3-13-33-19/h1-2,5-12,14,19H,3-4,13,15H2,(H,28,30). The van der Waals surface area contributed by atoms with Gasteiger partial charge < -0.3 is 14.8 Å². The average Bonchev–Trinajstić information content (AvgIpc) is 3.43. The number of benzene rings is 3. The van der Waals surface area contributed by atoms with Crippen molar-refractivity contribution in [3.05, 3.63) is 87.0 Å². The summed E-state index contributed by atoms with van der Waals surface area (Å²) in [4.78, 5) is 39.3. The van der Waals surface area contributed by atoms with E-state index in [1.807, 2.05) is 18.2 Å². The van der Waals surface area contributed by atoms with Crippen molar-refractivity contribution in [3.63, 3.8) is 0 Å². The van der Waals surface area contributed by atoms with E-state index in [-0.39, 0.29) is 30.4 Å². The molecule has 8 heteroatoms. The van der Waals surface area contributed by atoms with Crippen molar-refractivity contribution in [1.82, 2.24) is 4.90 Å². The van der Waals surface area contributed by atoms with Crippen molar-refractivity contribution >= 4 is 46.0 Å². The zero-order valence-corrected chi connectivity index (χ0v) is 20.3. The van der Waals surface area contributed by atoms with Crippen molar-refractivity contribution in [1.29, 1.82) is 0 Å². The summed E-state index contributed by atoms with van der Waals surface area (Å²) in [6.45, 7) is 0.942. The molecule has 5 rings (SSSR count). The quantitative estimate of drug-likeness (QED) is 0.330. The molecule has 1 fully saturated rings. The number of nitrogens with one attached hydrogen (secondary N) is 1. The molecule has 7 nitrogen and oxygen atoms in total. The highest BCUT2D eigenvalue weighted by atomic mass is 127. The molecular weight excluding hydrogens is 547 g/mol. The third kappa shape index (κ3) is 4.55. The molecular formula is C26H21IN2O5. The van der Waals surface area contributed by atoms with Gasteiger partial charge in [0.25, 0.3) is 17.7 Å². The molecule has 2 heterocycles. The van der Waals surface area contributed by atoms with Crippen LogP contribution in [0.3, 0.4) is 0 Å². The first-order chi connectivity index (χ1) is 16.5. The number of nitrogens with zero attached hydrogens (tertiary/aromatic N) is 1. The minimum Gasteiger partial charge on any atom is -0.457 e. The average molecular weight is 568 g/mol. The van der Waals surface area contributed by atoms with Crippen LogP contribution in [-0.4, -0.2) is 41.9 Å². The van der Waals surface area contributed by atoms with Crippen molar-refractivity contribution in [3.8, 4) is 11.5 Å². The molecule has 34 heavy (non-hydrogen) atoms. The van der Waals surface area contributed by atoms with Crippen LogP contribution in [0.15, 0.2) is 66.7 Å². The zero-order valence-electron chi connectivity index (χ0n) is 18.1. The van der Waals surface area contributed by atoms with Crippen molar-refractivity contribution in [2.24, 2.45) is 0 Å². The molecule has 0 aliphatic carbocycles. The first kappa shape index (κ1) is 22.5. The Kier molecular flexibility index (Phi) is 6.34. The van der Waals surface area contributed by atoms with Crippen LogP contribution >= 0.6 is 22.6 Å². The Morgan fingerprint density at radius 2 is 1.74 bits per heavy atom. The maximum atomic E-state index is 12.8. The number of imide groups is 1. The lowest BCUT2D eigenvalue weighted by Gasteiger charge is -2.17. The van der Waals surface area contributed by atoms with E-state index in [1.54, 1.807) is 48.5 Å². The number of ether oxygens (including phenoxy) is 2. The van der Waals surface area contributed by atoms with Gasteiger partial charge in [0.05, 0.1) is 29.3 Å². The minimum atomic E-state index is -0.324. The van der Waals surface area contributed by atoms with Crippen LogP contribution < -0.4 is 10.1 Å². The van der Waals surface area contributed by atoms with Gasteiger partial charge in [0.2, 0.25) is 0 Å². The van der Waals surface area contributed by atoms with Crippen LogP contribution in [0.4, 0.5) is 5.69 Å². The molecule has 0 radical (unpaired) electrons. The molecule has 3 aromatic rings. The van der Waals surface area contributed by atoms with E-state index in [4.69, 9.17) is 9.47 Å². The van der Waals surface area contributed by atoms with Crippen LogP contribution in [0.5, 0.6) is 11.5 Å². The Hall–Kier alpha value is -3.24. The number of amides is 3. The number of carbonyl (C=O) groups excluding carboxylic acids is 3. The van der Waals surface area contributed by atoms with Crippen LogP contribution in [0.25, 0.3) is 0 Å². The Bertz CT molecular complexity index is 1270. The lowest BCUT2D eigenvalue weighted by Crippen LogP contribution is -2.36. The molecule has 1 atom stereocenters. The number of hydrogen-bond acceptors (Lipinski definition) is 5. The third-order valence-corrected chi connectivity index (χ3v) is 6.76. The number of hydrogen-bond donors (Lipinski definition) is 1. The molecule has 0 saturated carbocycles. The molecule has 172 valence electrons. The molecule has 1 N–H and O–H groups in total. The highest BCUT2D eigenvalue weighted by molar-refractivity contribution is 14.1. The topological polar surface area (TPSA) is 84.9 Å². The first-order valence-corrected chi connectivity index (χ1v) is 12.0. The molecule has 0 spiro atoms. The summed E-state index contributed by atoms with van der Waals surface area (Å²) >= 11 is 2.13. The second-order valence-corrected chi connectivity index (χ2v) is 9.29. The van der Waals surface area contributed by atoms with E-state index in [0.717, 1.165) is 16.4 Å². The van der Waals surface area contributed by atoms with Crippen LogP contribution in [0, 0.1) is 3.57 Å². The monoisotopic (exact) mass is 568 g/mol. The SMILES string of the molecule is O=C(Nc1ccc(Oc2ccc3c(c2)C(=O)N(CC2CCCO2)C3=O)cc1)c1ccccc1I. The summed E-state index contributed by atoms with van der Waals surface area (Å²) < 4.78 is 12.4. The Balaban J connectivity index is 1.26. The molecule has 1 unspecified atom stereocenters. The van der Waals surface area contributed by atoms with Crippen LogP contribution in [-0.2, 0) is 4.74 Å². The first-order valence-electron chi connectivity index (χ1n) is 11.0.